The van der Waals surface area contributed by atoms with E-state index in [1.54, 1.807) is 17.0 Å². The number of hydrogen-bond acceptors (Lipinski definition) is 8. The van der Waals surface area contributed by atoms with Crippen LogP contribution in [0.3, 0.4) is 0 Å². The van der Waals surface area contributed by atoms with Gasteiger partial charge in [0.2, 0.25) is 5.95 Å². The second kappa shape index (κ2) is 9.22. The van der Waals surface area contributed by atoms with Gasteiger partial charge in [-0.25, -0.2) is 14.2 Å². The zero-order valence-corrected chi connectivity index (χ0v) is 19.2. The van der Waals surface area contributed by atoms with Crippen LogP contribution in [0.15, 0.2) is 29.2 Å². The lowest BCUT2D eigenvalue weighted by Crippen LogP contribution is -2.54. The highest BCUT2D eigenvalue weighted by atomic mass is 32.2. The fourth-order valence-electron chi connectivity index (χ4n) is 4.40. The Bertz CT molecular complexity index is 1020. The Kier molecular flexibility index (Phi) is 6.15. The molecule has 0 radical (unpaired) electrons. The third-order valence-corrected chi connectivity index (χ3v) is 7.63. The van der Waals surface area contributed by atoms with Crippen LogP contribution in [-0.4, -0.2) is 76.7 Å². The minimum Gasteiger partial charge on any atom is -0.487 e. The first-order valence-electron chi connectivity index (χ1n) is 11.1. The van der Waals surface area contributed by atoms with E-state index in [-0.39, 0.29) is 24.1 Å². The van der Waals surface area contributed by atoms with Crippen LogP contribution in [0.2, 0.25) is 0 Å². The Hall–Kier alpha value is -2.79. The highest BCUT2D eigenvalue weighted by Gasteiger charge is 2.40. The fraction of sp³-hybridized carbons (Fsp3) is 0.500. The lowest BCUT2D eigenvalue weighted by atomic mass is 10.1. The molecular weight excluding hydrogens is 449 g/mol. The third-order valence-electron chi connectivity index (χ3n) is 6.13. The molecule has 2 aromatic rings. The molecule has 0 bridgehead atoms. The molecule has 176 valence electrons. The predicted molar refractivity (Wildman–Crippen MR) is 123 cm³/mol. The van der Waals surface area contributed by atoms with E-state index in [1.807, 2.05) is 4.90 Å². The highest BCUT2D eigenvalue weighted by molar-refractivity contribution is 7.92. The largest absolute Gasteiger partial charge is 0.487 e. The van der Waals surface area contributed by atoms with Gasteiger partial charge in [0, 0.05) is 25.6 Å². The Balaban J connectivity index is 1.28. The van der Waals surface area contributed by atoms with Gasteiger partial charge in [-0.3, -0.25) is 0 Å². The lowest BCUT2D eigenvalue weighted by molar-refractivity contribution is 0.113. The number of likely N-dealkylation sites (tertiary alicyclic amines) is 1. The van der Waals surface area contributed by atoms with Crippen LogP contribution in [-0.2, 0) is 22.3 Å². The summed E-state index contributed by atoms with van der Waals surface area (Å²) in [6, 6.07) is 6.03. The number of halogens is 1. The molecule has 1 amide bonds. The van der Waals surface area contributed by atoms with Crippen LogP contribution in [0.25, 0.3) is 0 Å². The zero-order valence-electron chi connectivity index (χ0n) is 18.4. The fourth-order valence-corrected chi connectivity index (χ4v) is 5.74. The van der Waals surface area contributed by atoms with E-state index >= 15 is 0 Å². The molecule has 2 N–H and O–H groups in total. The second-order valence-corrected chi connectivity index (χ2v) is 10.0. The van der Waals surface area contributed by atoms with Gasteiger partial charge >= 0.3 is 6.09 Å². The molecule has 1 unspecified atom stereocenters. The summed E-state index contributed by atoms with van der Waals surface area (Å²) < 4.78 is 34.4. The van der Waals surface area contributed by atoms with E-state index in [0.717, 1.165) is 23.4 Å². The van der Waals surface area contributed by atoms with Crippen molar-refractivity contribution in [1.29, 1.82) is 0 Å². The Labute approximate surface area is 194 Å². The Morgan fingerprint density at radius 3 is 2.79 bits per heavy atom. The number of anilines is 2. The van der Waals surface area contributed by atoms with Crippen molar-refractivity contribution in [3.05, 3.63) is 35.8 Å². The number of hydrogen-bond donors (Lipinski definition) is 2. The quantitative estimate of drug-likeness (QED) is 0.635. The molecule has 1 aromatic carbocycles. The molecule has 1 aromatic heterocycles. The van der Waals surface area contributed by atoms with E-state index in [1.165, 1.54) is 19.2 Å². The van der Waals surface area contributed by atoms with Crippen LogP contribution in [0.1, 0.15) is 18.5 Å². The van der Waals surface area contributed by atoms with Gasteiger partial charge in [0.05, 0.1) is 20.2 Å². The molecule has 33 heavy (non-hydrogen) atoms. The number of ether oxygens (including phenoxy) is 2. The monoisotopic (exact) mass is 476 g/mol. The first kappa shape index (κ1) is 22.0. The molecule has 3 aliphatic rings. The summed E-state index contributed by atoms with van der Waals surface area (Å²) in [4.78, 5) is 25.9. The molecule has 0 spiro atoms. The number of fused-ring (bicyclic) bond motifs is 1. The molecule has 0 saturated carbocycles. The van der Waals surface area contributed by atoms with Crippen molar-refractivity contribution in [3.63, 3.8) is 0 Å². The van der Waals surface area contributed by atoms with E-state index in [9.17, 15) is 13.7 Å². The minimum atomic E-state index is -0.890. The summed E-state index contributed by atoms with van der Waals surface area (Å²) in [5.41, 5.74) is 0.872. The van der Waals surface area contributed by atoms with E-state index in [4.69, 9.17) is 19.4 Å². The summed E-state index contributed by atoms with van der Waals surface area (Å²) in [6.07, 6.45) is 2.12. The van der Waals surface area contributed by atoms with Crippen molar-refractivity contribution in [1.82, 2.24) is 14.9 Å². The lowest BCUT2D eigenvalue weighted by Gasteiger charge is -2.39. The standard InChI is InChI=1S/C22H27FN5O4S/c1-31-22(29)27-9-2-3-15(11-27)24-20-19-18(8-10-33(19)30)25-21(26-20)28-12-17(13-28)32-16-6-4-14(23)5-7-16/h4-7,15,17,30H,2-3,8-13H2,1H3,(H,24,25,26)/q+1/t15-,33?/m1/s1. The molecule has 2 saturated heterocycles. The molecule has 5 rings (SSSR count). The Morgan fingerprint density at radius 2 is 2.03 bits per heavy atom. The van der Waals surface area contributed by atoms with Gasteiger partial charge in [-0.15, -0.1) is 0 Å². The number of aromatic nitrogens is 2. The molecule has 2 atom stereocenters. The maximum absolute atomic E-state index is 13.1. The van der Waals surface area contributed by atoms with Gasteiger partial charge in [0.25, 0.3) is 4.90 Å². The topological polar surface area (TPSA) is 100 Å². The van der Waals surface area contributed by atoms with Gasteiger partial charge in [-0.05, 0) is 37.1 Å². The number of amides is 1. The zero-order chi connectivity index (χ0) is 22.9. The van der Waals surface area contributed by atoms with Gasteiger partial charge in [0.1, 0.15) is 23.4 Å². The SMILES string of the molecule is COC(=O)N1CCC[C@@H](Nc2nc(N3CC(Oc4ccc(F)cc4)C3)nc3c2[S+](O)CC3)C1. The molecule has 0 aliphatic carbocycles. The summed E-state index contributed by atoms with van der Waals surface area (Å²) in [7, 11) is 1.39. The molecule has 11 heteroatoms. The van der Waals surface area contributed by atoms with E-state index < -0.39 is 11.2 Å². The molecule has 4 heterocycles. The average Bonchev–Trinajstić information content (AvgIpc) is 3.17. The van der Waals surface area contributed by atoms with Crippen LogP contribution in [0.5, 0.6) is 5.75 Å². The maximum Gasteiger partial charge on any atom is 0.409 e. The van der Waals surface area contributed by atoms with Crippen molar-refractivity contribution in [2.24, 2.45) is 0 Å². The molecule has 3 aliphatic heterocycles. The van der Waals surface area contributed by atoms with Crippen molar-refractivity contribution >= 4 is 29.0 Å². The van der Waals surface area contributed by atoms with E-state index in [2.05, 4.69) is 5.32 Å². The summed E-state index contributed by atoms with van der Waals surface area (Å²) in [5, 5.41) is 3.47. The van der Waals surface area contributed by atoms with Crippen LogP contribution >= 0.6 is 0 Å². The summed E-state index contributed by atoms with van der Waals surface area (Å²) >= 11 is -0.890. The van der Waals surface area contributed by atoms with Gasteiger partial charge in [-0.2, -0.15) is 9.54 Å². The third kappa shape index (κ3) is 4.65. The number of nitrogens with zero attached hydrogens (tertiary/aromatic N) is 4. The smallest absolute Gasteiger partial charge is 0.409 e. The van der Waals surface area contributed by atoms with Crippen LogP contribution in [0, 0.1) is 5.82 Å². The number of piperidine rings is 1. The highest BCUT2D eigenvalue weighted by Crippen LogP contribution is 2.34. The first-order valence-corrected chi connectivity index (χ1v) is 12.4. The number of benzene rings is 1. The van der Waals surface area contributed by atoms with Crippen LogP contribution < -0.4 is 15.0 Å². The molecule has 2 fully saturated rings. The minimum absolute atomic E-state index is 0.0215. The van der Waals surface area contributed by atoms with Crippen molar-refractivity contribution in [3.8, 4) is 5.75 Å². The number of carbonyl (C=O) groups is 1. The van der Waals surface area contributed by atoms with Crippen molar-refractivity contribution < 1.29 is 23.2 Å². The predicted octanol–water partition coefficient (Wildman–Crippen LogP) is 2.53. The van der Waals surface area contributed by atoms with Crippen molar-refractivity contribution in [2.45, 2.75) is 36.3 Å². The maximum atomic E-state index is 13.1. The van der Waals surface area contributed by atoms with Gasteiger partial charge in [0.15, 0.2) is 22.7 Å². The summed E-state index contributed by atoms with van der Waals surface area (Å²) in [5.74, 6) is 2.25. The first-order chi connectivity index (χ1) is 16.0. The number of nitrogens with one attached hydrogen (secondary N) is 1. The van der Waals surface area contributed by atoms with Crippen molar-refractivity contribution in [2.75, 3.05) is 49.3 Å². The van der Waals surface area contributed by atoms with E-state index in [0.29, 0.717) is 55.9 Å². The number of carbonyl (C=O) groups excluding carboxylic acids is 1. The Morgan fingerprint density at radius 1 is 1.24 bits per heavy atom. The molecule has 9 nitrogen and oxygen atoms in total. The summed E-state index contributed by atoms with van der Waals surface area (Å²) in [6.45, 7) is 2.45. The van der Waals surface area contributed by atoms with Crippen LogP contribution in [0.4, 0.5) is 21.0 Å². The average molecular weight is 477 g/mol. The number of methoxy groups -OCH3 is 1. The number of aryl methyl sites for hydroxylation is 1. The second-order valence-electron chi connectivity index (χ2n) is 8.47. The number of rotatable bonds is 5. The molecular formula is C22H27FN5O4S+. The van der Waals surface area contributed by atoms with Gasteiger partial charge < -0.3 is 24.6 Å². The van der Waals surface area contributed by atoms with Gasteiger partial charge in [-0.1, -0.05) is 0 Å². The normalized spacial score (nSPS) is 22.5.